The van der Waals surface area contributed by atoms with E-state index < -0.39 is 0 Å². The molecule has 6 heteroatoms. The van der Waals surface area contributed by atoms with Crippen LogP contribution in [0.15, 0.2) is 44.0 Å². The summed E-state index contributed by atoms with van der Waals surface area (Å²) in [6.45, 7) is 0. The van der Waals surface area contributed by atoms with Crippen molar-refractivity contribution in [2.75, 3.05) is 0 Å². The van der Waals surface area contributed by atoms with Crippen molar-refractivity contribution in [1.29, 1.82) is 0 Å². The number of ether oxygens (including phenoxy) is 1. The van der Waals surface area contributed by atoms with Gasteiger partial charge in [0.2, 0.25) is 0 Å². The molecular weight excluding hydrogens is 412 g/mol. The van der Waals surface area contributed by atoms with Gasteiger partial charge in [-0.25, -0.2) is 4.79 Å². The Bertz CT molecular complexity index is 712. The highest BCUT2D eigenvalue weighted by molar-refractivity contribution is 9.12. The highest BCUT2D eigenvalue weighted by Crippen LogP contribution is 2.43. The molecule has 0 atom stereocenters. The van der Waals surface area contributed by atoms with Crippen molar-refractivity contribution < 1.29 is 9.53 Å². The zero-order valence-corrected chi connectivity index (χ0v) is 14.2. The van der Waals surface area contributed by atoms with E-state index in [0.717, 1.165) is 17.7 Å². The lowest BCUT2D eigenvalue weighted by Gasteiger charge is -2.01. The fourth-order valence-corrected chi connectivity index (χ4v) is 5.95. The van der Waals surface area contributed by atoms with Gasteiger partial charge in [-0.2, -0.15) is 0 Å². The van der Waals surface area contributed by atoms with Crippen molar-refractivity contribution in [2.45, 2.75) is 0 Å². The number of fused-ring (bicyclic) bond motifs is 1. The van der Waals surface area contributed by atoms with Gasteiger partial charge in [-0.05, 0) is 50.1 Å². The number of hydrogen-bond donors (Lipinski definition) is 0. The topological polar surface area (TPSA) is 26.3 Å². The van der Waals surface area contributed by atoms with Gasteiger partial charge in [0, 0.05) is 5.39 Å². The summed E-state index contributed by atoms with van der Waals surface area (Å²) in [6.07, 6.45) is 0. The van der Waals surface area contributed by atoms with Crippen LogP contribution in [0.2, 0.25) is 0 Å². The second kappa shape index (κ2) is 5.36. The van der Waals surface area contributed by atoms with Gasteiger partial charge in [0.05, 0.1) is 12.3 Å². The second-order valence-corrected chi connectivity index (χ2v) is 8.41. The van der Waals surface area contributed by atoms with Crippen LogP contribution in [0.4, 0.5) is 0 Å². The van der Waals surface area contributed by atoms with Crippen LogP contribution in [-0.4, -0.2) is 5.97 Å². The molecule has 3 aromatic rings. The lowest BCUT2D eigenvalue weighted by Crippen LogP contribution is -2.05. The van der Waals surface area contributed by atoms with Crippen LogP contribution >= 0.6 is 54.5 Å². The van der Waals surface area contributed by atoms with E-state index in [4.69, 9.17) is 4.74 Å². The van der Waals surface area contributed by atoms with Gasteiger partial charge in [0.25, 0.3) is 0 Å². The first-order valence-corrected chi connectivity index (χ1v) is 8.51. The van der Waals surface area contributed by atoms with E-state index in [1.165, 1.54) is 11.3 Å². The third-order valence-corrected chi connectivity index (χ3v) is 6.56. The minimum atomic E-state index is -0.323. The van der Waals surface area contributed by atoms with Gasteiger partial charge >= 0.3 is 5.97 Å². The number of esters is 1. The van der Waals surface area contributed by atoms with E-state index in [2.05, 4.69) is 31.9 Å². The predicted molar refractivity (Wildman–Crippen MR) is 86.5 cm³/mol. The van der Waals surface area contributed by atoms with Gasteiger partial charge in [0.1, 0.15) is 10.6 Å². The Morgan fingerprint density at radius 3 is 2.47 bits per heavy atom. The van der Waals surface area contributed by atoms with Crippen molar-refractivity contribution in [3.8, 4) is 5.75 Å². The zero-order valence-electron chi connectivity index (χ0n) is 9.35. The SMILES string of the molecule is O=C(Oc1ccccc1)c1cc2c(Br)sc(Br)c2s1. The summed E-state index contributed by atoms with van der Waals surface area (Å²) in [5.74, 6) is 0.234. The molecule has 3 rings (SSSR count). The van der Waals surface area contributed by atoms with E-state index in [1.807, 2.05) is 24.3 Å². The average molecular weight is 418 g/mol. The van der Waals surface area contributed by atoms with Crippen molar-refractivity contribution in [3.05, 3.63) is 48.8 Å². The first-order valence-electron chi connectivity index (χ1n) is 5.29. The summed E-state index contributed by atoms with van der Waals surface area (Å²) in [6, 6.07) is 10.9. The number of carbonyl (C=O) groups is 1. The van der Waals surface area contributed by atoms with Crippen LogP contribution in [0.3, 0.4) is 0 Å². The van der Waals surface area contributed by atoms with E-state index >= 15 is 0 Å². The van der Waals surface area contributed by atoms with Crippen LogP contribution in [0, 0.1) is 0 Å². The second-order valence-electron chi connectivity index (χ2n) is 3.71. The number of rotatable bonds is 2. The molecule has 0 saturated heterocycles. The first-order chi connectivity index (χ1) is 9.15. The fourth-order valence-electron chi connectivity index (χ4n) is 1.61. The lowest BCUT2D eigenvalue weighted by atomic mass is 10.3. The van der Waals surface area contributed by atoms with Crippen molar-refractivity contribution in [1.82, 2.24) is 0 Å². The molecule has 0 N–H and O–H groups in total. The summed E-state index contributed by atoms with van der Waals surface area (Å²) < 4.78 is 8.43. The highest BCUT2D eigenvalue weighted by Gasteiger charge is 2.17. The third kappa shape index (κ3) is 2.63. The number of para-hydroxylation sites is 1. The minimum Gasteiger partial charge on any atom is -0.422 e. The molecular formula is C13H6Br2O2S2. The van der Waals surface area contributed by atoms with Crippen LogP contribution in [0.25, 0.3) is 10.1 Å². The van der Waals surface area contributed by atoms with Crippen molar-refractivity contribution >= 4 is 70.6 Å². The lowest BCUT2D eigenvalue weighted by molar-refractivity contribution is 0.0740. The Balaban J connectivity index is 1.92. The van der Waals surface area contributed by atoms with Gasteiger partial charge in [-0.15, -0.1) is 22.7 Å². The summed E-state index contributed by atoms with van der Waals surface area (Å²) >= 11 is 10.0. The van der Waals surface area contributed by atoms with Gasteiger partial charge < -0.3 is 4.74 Å². The van der Waals surface area contributed by atoms with Gasteiger partial charge in [-0.3, -0.25) is 0 Å². The Kier molecular flexibility index (Phi) is 3.75. The summed E-state index contributed by atoms with van der Waals surface area (Å²) in [5.41, 5.74) is 0. The Morgan fingerprint density at radius 1 is 1.05 bits per heavy atom. The van der Waals surface area contributed by atoms with Crippen LogP contribution in [0.1, 0.15) is 9.67 Å². The maximum Gasteiger partial charge on any atom is 0.353 e. The molecule has 2 nitrogen and oxygen atoms in total. The molecule has 2 heterocycles. The van der Waals surface area contributed by atoms with E-state index in [0.29, 0.717) is 10.6 Å². The summed E-state index contributed by atoms with van der Waals surface area (Å²) in [4.78, 5) is 12.7. The monoisotopic (exact) mass is 416 g/mol. The van der Waals surface area contributed by atoms with E-state index in [1.54, 1.807) is 23.5 Å². The third-order valence-electron chi connectivity index (χ3n) is 2.46. The first kappa shape index (κ1) is 13.3. The van der Waals surface area contributed by atoms with E-state index in [9.17, 15) is 4.79 Å². The molecule has 0 saturated carbocycles. The van der Waals surface area contributed by atoms with Crippen LogP contribution < -0.4 is 4.74 Å². The molecule has 96 valence electrons. The molecule has 0 aliphatic carbocycles. The molecule has 0 unspecified atom stereocenters. The normalized spacial score (nSPS) is 10.8. The maximum absolute atomic E-state index is 12.1. The van der Waals surface area contributed by atoms with E-state index in [-0.39, 0.29) is 5.97 Å². The quantitative estimate of drug-likeness (QED) is 0.394. The Morgan fingerprint density at radius 2 is 1.79 bits per heavy atom. The molecule has 0 spiro atoms. The van der Waals surface area contributed by atoms with Gasteiger partial charge in [-0.1, -0.05) is 18.2 Å². The zero-order chi connectivity index (χ0) is 13.4. The largest absolute Gasteiger partial charge is 0.422 e. The average Bonchev–Trinajstić information content (AvgIpc) is 2.94. The Hall–Kier alpha value is -0.690. The minimum absolute atomic E-state index is 0.323. The van der Waals surface area contributed by atoms with Crippen molar-refractivity contribution in [2.24, 2.45) is 0 Å². The number of carbonyl (C=O) groups excluding carboxylic acids is 1. The van der Waals surface area contributed by atoms with Crippen LogP contribution in [-0.2, 0) is 0 Å². The predicted octanol–water partition coefficient (Wildman–Crippen LogP) is 5.71. The molecule has 0 radical (unpaired) electrons. The number of hydrogen-bond acceptors (Lipinski definition) is 4. The molecule has 0 fully saturated rings. The number of halogens is 2. The smallest absolute Gasteiger partial charge is 0.353 e. The van der Waals surface area contributed by atoms with Crippen molar-refractivity contribution in [3.63, 3.8) is 0 Å². The maximum atomic E-state index is 12.1. The number of benzene rings is 1. The molecule has 0 bridgehead atoms. The highest BCUT2D eigenvalue weighted by atomic mass is 79.9. The van der Waals surface area contributed by atoms with Crippen LogP contribution in [0.5, 0.6) is 5.75 Å². The summed E-state index contributed by atoms with van der Waals surface area (Å²) in [7, 11) is 0. The molecule has 0 aliphatic rings. The summed E-state index contributed by atoms with van der Waals surface area (Å²) in [5, 5.41) is 1.04. The standard InChI is InChI=1S/C13H6Br2O2S2/c14-11-8-6-9(18-10(8)12(15)19-11)13(16)17-7-4-2-1-3-5-7/h1-6H. The fraction of sp³-hybridized carbons (Fsp3) is 0. The Labute approximate surface area is 134 Å². The molecule has 0 amide bonds. The molecule has 2 aromatic heterocycles. The molecule has 19 heavy (non-hydrogen) atoms. The van der Waals surface area contributed by atoms with Gasteiger partial charge in [0.15, 0.2) is 0 Å². The number of thiophene rings is 2. The molecule has 1 aromatic carbocycles. The molecule has 0 aliphatic heterocycles.